The number of nitrogens with zero attached hydrogens (tertiary/aromatic N) is 1. The second-order valence-electron chi connectivity index (χ2n) is 4.79. The smallest absolute Gasteiger partial charge is 0.0709 e. The van der Waals surface area contributed by atoms with Crippen LogP contribution < -0.4 is 5.32 Å². The molecule has 0 saturated heterocycles. The summed E-state index contributed by atoms with van der Waals surface area (Å²) in [5.41, 5.74) is 2.12. The largest absolute Gasteiger partial charge is 0.366 e. The van der Waals surface area contributed by atoms with Crippen LogP contribution in [0.15, 0.2) is 90.3 Å². The molecule has 0 atom stereocenters. The Kier molecular flexibility index (Phi) is 4.52. The third-order valence-electron chi connectivity index (χ3n) is 3.21. The highest BCUT2D eigenvalue weighted by Crippen LogP contribution is 2.18. The van der Waals surface area contributed by atoms with Crippen molar-refractivity contribution in [3.05, 3.63) is 90.3 Å². The Bertz CT molecular complexity index is 771. The molecule has 0 amide bonds. The van der Waals surface area contributed by atoms with E-state index in [-0.39, 0.29) is 0 Å². The van der Waals surface area contributed by atoms with Crippen LogP contribution >= 0.6 is 11.6 Å². The minimum Gasteiger partial charge on any atom is -0.366 e. The van der Waals surface area contributed by atoms with Gasteiger partial charge in [-0.1, -0.05) is 54.1 Å². The number of benzene rings is 2. The van der Waals surface area contributed by atoms with Gasteiger partial charge < -0.3 is 5.32 Å². The summed E-state index contributed by atoms with van der Waals surface area (Å²) in [6.07, 6.45) is 9.11. The number of rotatable bonds is 0. The molecule has 0 bridgehead atoms. The number of nitrogens with one attached hydrogen (secondary N) is 1. The molecule has 1 aromatic heterocycles. The molecular formula is C19H15ClN2. The van der Waals surface area contributed by atoms with Gasteiger partial charge in [0.05, 0.1) is 16.1 Å². The van der Waals surface area contributed by atoms with Crippen LogP contribution in [0.4, 0.5) is 0 Å². The van der Waals surface area contributed by atoms with Crippen molar-refractivity contribution < 1.29 is 0 Å². The molecule has 2 aromatic carbocycles. The molecule has 2 nitrogen and oxygen atoms in total. The first-order chi connectivity index (χ1) is 10.8. The van der Waals surface area contributed by atoms with Crippen LogP contribution in [0.5, 0.6) is 0 Å². The molecule has 108 valence electrons. The number of pyridine rings is 1. The van der Waals surface area contributed by atoms with Crippen LogP contribution in [-0.2, 0) is 0 Å². The van der Waals surface area contributed by atoms with Gasteiger partial charge in [0.1, 0.15) is 0 Å². The summed E-state index contributed by atoms with van der Waals surface area (Å²) in [5.74, 6) is 0. The van der Waals surface area contributed by atoms with Crippen molar-refractivity contribution >= 4 is 33.4 Å². The molecule has 0 unspecified atom stereocenters. The fraction of sp³-hybridized carbons (Fsp3) is 0. The van der Waals surface area contributed by atoms with E-state index in [1.807, 2.05) is 60.8 Å². The van der Waals surface area contributed by atoms with Gasteiger partial charge in [0, 0.05) is 23.2 Å². The van der Waals surface area contributed by atoms with E-state index in [1.54, 1.807) is 6.20 Å². The Morgan fingerprint density at radius 2 is 1.45 bits per heavy atom. The number of hydrogen-bond acceptors (Lipinski definition) is 2. The maximum Gasteiger partial charge on any atom is 0.0709 e. The third-order valence-corrected chi connectivity index (χ3v) is 3.44. The van der Waals surface area contributed by atoms with Crippen molar-refractivity contribution in [1.82, 2.24) is 10.3 Å². The quantitative estimate of drug-likeness (QED) is 0.583. The summed E-state index contributed by atoms with van der Waals surface area (Å²) in [6, 6.07) is 18.6. The molecule has 1 aliphatic rings. The summed E-state index contributed by atoms with van der Waals surface area (Å²) < 4.78 is 0. The molecule has 22 heavy (non-hydrogen) atoms. The molecule has 0 fully saturated rings. The monoisotopic (exact) mass is 306 g/mol. The highest BCUT2D eigenvalue weighted by Gasteiger charge is 1.96. The number of halogens is 1. The predicted octanol–water partition coefficient (Wildman–Crippen LogP) is 5.13. The highest BCUT2D eigenvalue weighted by atomic mass is 35.5. The van der Waals surface area contributed by atoms with E-state index in [0.717, 1.165) is 16.1 Å². The number of fused-ring (bicyclic) bond motifs is 2. The summed E-state index contributed by atoms with van der Waals surface area (Å²) in [7, 11) is 0. The normalized spacial score (nSPS) is 13.0. The average molecular weight is 307 g/mol. The second kappa shape index (κ2) is 6.92. The van der Waals surface area contributed by atoms with Gasteiger partial charge in [0.2, 0.25) is 0 Å². The van der Waals surface area contributed by atoms with Crippen molar-refractivity contribution in [3.8, 4) is 0 Å². The Morgan fingerprint density at radius 3 is 2.14 bits per heavy atom. The second-order valence-corrected chi connectivity index (χ2v) is 5.22. The highest BCUT2D eigenvalue weighted by molar-refractivity contribution is 6.31. The van der Waals surface area contributed by atoms with Crippen molar-refractivity contribution in [2.45, 2.75) is 0 Å². The van der Waals surface area contributed by atoms with E-state index in [4.69, 9.17) is 11.6 Å². The molecule has 1 N–H and O–H groups in total. The van der Waals surface area contributed by atoms with Gasteiger partial charge >= 0.3 is 0 Å². The number of aromatic nitrogens is 1. The lowest BCUT2D eigenvalue weighted by atomic mass is 10.1. The molecule has 3 heteroatoms. The van der Waals surface area contributed by atoms with Gasteiger partial charge in [-0.05, 0) is 30.4 Å². The number of hydrogen-bond donors (Lipinski definition) is 1. The molecule has 3 aromatic rings. The minimum atomic E-state index is 0.718. The lowest BCUT2D eigenvalue weighted by Gasteiger charge is -1.99. The van der Waals surface area contributed by atoms with Crippen LogP contribution in [-0.4, -0.2) is 4.98 Å². The maximum atomic E-state index is 5.59. The molecule has 4 rings (SSSR count). The van der Waals surface area contributed by atoms with Crippen LogP contribution in [0, 0.1) is 0 Å². The van der Waals surface area contributed by atoms with Gasteiger partial charge in [0.25, 0.3) is 0 Å². The lowest BCUT2D eigenvalue weighted by molar-refractivity contribution is 1.20. The number of allylic oxidation sites excluding steroid dienone is 4. The molecule has 0 spiro atoms. The standard InChI is InChI=1S/C13H9N.C6H6ClN/c1-3-7-12-10(5-1)9-11-6-2-4-8-13(11)14-12;7-6-3-1-2-4-8-5-6/h1-9H;1-5,8H. The molecule has 0 saturated carbocycles. The molecular weight excluding hydrogens is 292 g/mol. The maximum absolute atomic E-state index is 5.59. The van der Waals surface area contributed by atoms with Gasteiger partial charge in [-0.15, -0.1) is 0 Å². The van der Waals surface area contributed by atoms with Crippen LogP contribution in [0.3, 0.4) is 0 Å². The van der Waals surface area contributed by atoms with E-state index in [0.29, 0.717) is 0 Å². The summed E-state index contributed by atoms with van der Waals surface area (Å²) in [6.45, 7) is 0. The van der Waals surface area contributed by atoms with E-state index < -0.39 is 0 Å². The van der Waals surface area contributed by atoms with E-state index in [9.17, 15) is 0 Å². The summed E-state index contributed by atoms with van der Waals surface area (Å²) in [4.78, 5) is 4.58. The van der Waals surface area contributed by atoms with Gasteiger partial charge in [-0.3, -0.25) is 0 Å². The number of para-hydroxylation sites is 2. The molecule has 0 aliphatic carbocycles. The van der Waals surface area contributed by atoms with E-state index >= 15 is 0 Å². The zero-order chi connectivity index (χ0) is 15.2. The van der Waals surface area contributed by atoms with Crippen molar-refractivity contribution in [3.63, 3.8) is 0 Å². The summed E-state index contributed by atoms with van der Waals surface area (Å²) >= 11 is 5.59. The fourth-order valence-corrected chi connectivity index (χ4v) is 2.29. The average Bonchev–Trinajstić information content (AvgIpc) is 2.81. The SMILES string of the molecule is ClC1=CNC=CC=C1.c1ccc2nc3ccccc3cc2c1. The van der Waals surface area contributed by atoms with Gasteiger partial charge in [-0.25, -0.2) is 4.98 Å². The Morgan fingerprint density at radius 1 is 0.818 bits per heavy atom. The topological polar surface area (TPSA) is 24.9 Å². The first-order valence-electron chi connectivity index (χ1n) is 7.02. The van der Waals surface area contributed by atoms with Crippen LogP contribution in [0.2, 0.25) is 0 Å². The van der Waals surface area contributed by atoms with Gasteiger partial charge in [0.15, 0.2) is 0 Å². The van der Waals surface area contributed by atoms with Crippen LogP contribution in [0.1, 0.15) is 0 Å². The third kappa shape index (κ3) is 3.54. The van der Waals surface area contributed by atoms with Crippen molar-refractivity contribution in [1.29, 1.82) is 0 Å². The lowest BCUT2D eigenvalue weighted by Crippen LogP contribution is -1.89. The first-order valence-corrected chi connectivity index (χ1v) is 7.40. The minimum absolute atomic E-state index is 0.718. The van der Waals surface area contributed by atoms with Crippen LogP contribution in [0.25, 0.3) is 21.8 Å². The van der Waals surface area contributed by atoms with E-state index in [2.05, 4.69) is 28.5 Å². The Labute approximate surface area is 134 Å². The van der Waals surface area contributed by atoms with Crippen molar-refractivity contribution in [2.24, 2.45) is 0 Å². The van der Waals surface area contributed by atoms with Gasteiger partial charge in [-0.2, -0.15) is 0 Å². The summed E-state index contributed by atoms with van der Waals surface area (Å²) in [5, 5.41) is 5.98. The van der Waals surface area contributed by atoms with E-state index in [1.165, 1.54) is 10.8 Å². The zero-order valence-electron chi connectivity index (χ0n) is 11.9. The molecule has 0 radical (unpaired) electrons. The fourth-order valence-electron chi connectivity index (χ4n) is 2.15. The molecule has 1 aliphatic heterocycles. The van der Waals surface area contributed by atoms with Crippen molar-refractivity contribution in [2.75, 3.05) is 0 Å². The zero-order valence-corrected chi connectivity index (χ0v) is 12.7. The predicted molar refractivity (Wildman–Crippen MR) is 94.6 cm³/mol. The molecule has 2 heterocycles. The Balaban J connectivity index is 0.000000154. The first kappa shape index (κ1) is 14.4. The Hall–Kier alpha value is -2.58.